The van der Waals surface area contributed by atoms with Gasteiger partial charge in [-0.1, -0.05) is 24.4 Å². The first-order chi connectivity index (χ1) is 3.30. The molecule has 1 rings (SSSR count). The molecular weight excluding hydrogens is 128 g/mol. The fourth-order valence-corrected chi connectivity index (χ4v) is 1.81. The molecule has 0 aromatic carbocycles. The summed E-state index contributed by atoms with van der Waals surface area (Å²) in [6.45, 7) is 0. The lowest BCUT2D eigenvalue weighted by Crippen LogP contribution is -2.00. The summed E-state index contributed by atoms with van der Waals surface area (Å²) in [6.07, 6.45) is 0.902. The van der Waals surface area contributed by atoms with E-state index in [1.807, 2.05) is 0 Å². The van der Waals surface area contributed by atoms with Crippen LogP contribution < -0.4 is 0 Å². The summed E-state index contributed by atoms with van der Waals surface area (Å²) in [7, 11) is 0. The van der Waals surface area contributed by atoms with Crippen molar-refractivity contribution in [3.05, 3.63) is 0 Å². The summed E-state index contributed by atoms with van der Waals surface area (Å²) in [5.41, 5.74) is 0. The van der Waals surface area contributed by atoms with Crippen molar-refractivity contribution in [1.82, 2.24) is 0 Å². The Kier molecular flexibility index (Phi) is 1.65. The molecule has 1 aliphatic heterocycles. The first kappa shape index (κ1) is 5.51. The lowest BCUT2D eigenvalue weighted by Gasteiger charge is -1.87. The van der Waals surface area contributed by atoms with Gasteiger partial charge in [-0.15, -0.1) is 0 Å². The Labute approximate surface area is 52.3 Å². The monoisotopic (exact) mass is 133 g/mol. The van der Waals surface area contributed by atoms with Crippen LogP contribution in [-0.2, 0) is 4.79 Å². The van der Waals surface area contributed by atoms with E-state index < -0.39 is 0 Å². The Hall–Kier alpha value is 0.370. The molecule has 0 spiro atoms. The molecule has 1 nitrogen and oxygen atoms in total. The van der Waals surface area contributed by atoms with Gasteiger partial charge >= 0.3 is 0 Å². The molecule has 1 saturated heterocycles. The Balaban J connectivity index is 2.48. The van der Waals surface area contributed by atoms with Crippen LogP contribution in [0.2, 0.25) is 0 Å². The predicted molar refractivity (Wildman–Crippen MR) is 33.5 cm³/mol. The van der Waals surface area contributed by atoms with E-state index in [0.29, 0.717) is 0 Å². The summed E-state index contributed by atoms with van der Waals surface area (Å²) >= 11 is 6.12. The number of hydrogen-bond acceptors (Lipinski definition) is 2. The molecule has 0 amide bonds. The standard InChI is InChI=1S/C4H5OS2/c5-4-3(6)1-2-7-4/h3H,1-2H2. The minimum atomic E-state index is -0.0787. The molecule has 3 heteroatoms. The van der Waals surface area contributed by atoms with Crippen molar-refractivity contribution in [3.8, 4) is 0 Å². The van der Waals surface area contributed by atoms with Gasteiger partial charge in [0.05, 0.1) is 5.25 Å². The quantitative estimate of drug-likeness (QED) is 0.494. The van der Waals surface area contributed by atoms with Crippen LogP contribution in [0.15, 0.2) is 0 Å². The second-order valence-electron chi connectivity index (χ2n) is 1.44. The van der Waals surface area contributed by atoms with E-state index >= 15 is 0 Å². The van der Waals surface area contributed by atoms with Crippen LogP contribution in [0.5, 0.6) is 0 Å². The minimum absolute atomic E-state index is 0.0787. The van der Waals surface area contributed by atoms with Gasteiger partial charge in [-0.2, -0.15) is 0 Å². The highest BCUT2D eigenvalue weighted by Gasteiger charge is 2.21. The molecule has 1 heterocycles. The van der Waals surface area contributed by atoms with Crippen molar-refractivity contribution in [2.24, 2.45) is 0 Å². The molecule has 1 unspecified atom stereocenters. The van der Waals surface area contributed by atoms with E-state index in [1.165, 1.54) is 11.8 Å². The van der Waals surface area contributed by atoms with E-state index in [1.54, 1.807) is 0 Å². The molecule has 0 N–H and O–H groups in total. The molecule has 0 aliphatic carbocycles. The third-order valence-corrected chi connectivity index (χ3v) is 2.50. The van der Waals surface area contributed by atoms with Gasteiger partial charge in [-0.25, -0.2) is 0 Å². The zero-order valence-electron chi connectivity index (χ0n) is 3.72. The fraction of sp³-hybridized carbons (Fsp3) is 0.750. The molecule has 39 valence electrons. The minimum Gasteiger partial charge on any atom is -0.286 e. The molecule has 0 aromatic heterocycles. The van der Waals surface area contributed by atoms with Gasteiger partial charge in [-0.3, -0.25) is 4.79 Å². The molecule has 0 aromatic rings. The largest absolute Gasteiger partial charge is 0.286 e. The number of thioether (sulfide) groups is 1. The zero-order valence-corrected chi connectivity index (χ0v) is 5.35. The van der Waals surface area contributed by atoms with Crippen molar-refractivity contribution in [1.29, 1.82) is 0 Å². The van der Waals surface area contributed by atoms with Crippen molar-refractivity contribution in [3.63, 3.8) is 0 Å². The summed E-state index contributed by atoms with van der Waals surface area (Å²) in [6, 6.07) is 0. The Bertz CT molecular complexity index is 91.7. The highest BCUT2D eigenvalue weighted by molar-refractivity contribution is 8.15. The molecule has 1 aliphatic rings. The van der Waals surface area contributed by atoms with Crippen LogP contribution in [0, 0.1) is 0 Å². The van der Waals surface area contributed by atoms with Gasteiger partial charge in [0, 0.05) is 5.75 Å². The average Bonchev–Trinajstić information content (AvgIpc) is 1.91. The SMILES string of the molecule is O=C1SCCC1[S]. The Morgan fingerprint density at radius 3 is 2.71 bits per heavy atom. The van der Waals surface area contributed by atoms with E-state index in [-0.39, 0.29) is 10.4 Å². The maximum atomic E-state index is 10.4. The number of hydrogen-bond donors (Lipinski definition) is 0. The second kappa shape index (κ2) is 2.09. The molecule has 7 heavy (non-hydrogen) atoms. The van der Waals surface area contributed by atoms with Gasteiger partial charge in [0.2, 0.25) is 5.12 Å². The first-order valence-corrected chi connectivity index (χ1v) is 3.59. The normalized spacial score (nSPS) is 31.6. The van der Waals surface area contributed by atoms with E-state index in [0.717, 1.165) is 12.2 Å². The van der Waals surface area contributed by atoms with E-state index in [2.05, 4.69) is 0 Å². The number of rotatable bonds is 0. The van der Waals surface area contributed by atoms with Crippen LogP contribution in [0.3, 0.4) is 0 Å². The van der Waals surface area contributed by atoms with Crippen LogP contribution in [0.25, 0.3) is 0 Å². The third-order valence-electron chi connectivity index (χ3n) is 0.887. The van der Waals surface area contributed by atoms with E-state index in [9.17, 15) is 4.79 Å². The summed E-state index contributed by atoms with van der Waals surface area (Å²) < 4.78 is 0. The van der Waals surface area contributed by atoms with Gasteiger partial charge < -0.3 is 0 Å². The Morgan fingerprint density at radius 2 is 2.57 bits per heavy atom. The van der Waals surface area contributed by atoms with Crippen molar-refractivity contribution in [2.45, 2.75) is 11.7 Å². The molecule has 0 saturated carbocycles. The van der Waals surface area contributed by atoms with Crippen molar-refractivity contribution >= 4 is 29.5 Å². The number of carbonyl (C=O) groups excluding carboxylic acids is 1. The lowest BCUT2D eigenvalue weighted by molar-refractivity contribution is -0.110. The van der Waals surface area contributed by atoms with Crippen LogP contribution in [-0.4, -0.2) is 16.1 Å². The molecule has 1 fully saturated rings. The molecule has 0 bridgehead atoms. The maximum absolute atomic E-state index is 10.4. The topological polar surface area (TPSA) is 17.1 Å². The predicted octanol–water partition coefficient (Wildman–Crippen LogP) is 1.22. The summed E-state index contributed by atoms with van der Waals surface area (Å²) in [4.78, 5) is 10.4. The third kappa shape index (κ3) is 1.13. The van der Waals surface area contributed by atoms with Crippen molar-refractivity contribution < 1.29 is 4.79 Å². The average molecular weight is 133 g/mol. The second-order valence-corrected chi connectivity index (χ2v) is 3.11. The summed E-state index contributed by atoms with van der Waals surface area (Å²) in [5.74, 6) is 0.938. The first-order valence-electron chi connectivity index (χ1n) is 2.13. The van der Waals surface area contributed by atoms with E-state index in [4.69, 9.17) is 12.6 Å². The number of carbonyl (C=O) groups is 1. The van der Waals surface area contributed by atoms with Gasteiger partial charge in [0.15, 0.2) is 0 Å². The molecule has 1 atom stereocenters. The highest BCUT2D eigenvalue weighted by atomic mass is 32.2. The van der Waals surface area contributed by atoms with Crippen LogP contribution in [0.1, 0.15) is 6.42 Å². The maximum Gasteiger partial charge on any atom is 0.202 e. The fourth-order valence-electron chi connectivity index (χ4n) is 0.477. The lowest BCUT2D eigenvalue weighted by atomic mass is 10.4. The van der Waals surface area contributed by atoms with Crippen molar-refractivity contribution in [2.75, 3.05) is 5.75 Å². The Morgan fingerprint density at radius 1 is 1.86 bits per heavy atom. The van der Waals surface area contributed by atoms with Crippen LogP contribution >= 0.6 is 24.4 Å². The smallest absolute Gasteiger partial charge is 0.202 e. The molecular formula is C4H5OS2. The summed E-state index contributed by atoms with van der Waals surface area (Å²) in [5, 5.41) is 0.111. The molecule has 1 radical (unpaired) electrons. The van der Waals surface area contributed by atoms with Crippen LogP contribution in [0.4, 0.5) is 0 Å². The highest BCUT2D eigenvalue weighted by Crippen LogP contribution is 2.22. The van der Waals surface area contributed by atoms with Gasteiger partial charge in [0.1, 0.15) is 0 Å². The van der Waals surface area contributed by atoms with Gasteiger partial charge in [-0.05, 0) is 6.42 Å². The zero-order chi connectivity index (χ0) is 5.28. The van der Waals surface area contributed by atoms with Gasteiger partial charge in [0.25, 0.3) is 0 Å².